The summed E-state index contributed by atoms with van der Waals surface area (Å²) in [5.74, 6) is -0.173. The second-order valence-electron chi connectivity index (χ2n) is 7.62. The Balaban J connectivity index is 1.46. The number of carbonyl (C=O) groups excluding carboxylic acids is 1. The van der Waals surface area contributed by atoms with E-state index in [0.717, 1.165) is 24.1 Å². The molecule has 0 bridgehead atoms. The predicted molar refractivity (Wildman–Crippen MR) is 114 cm³/mol. The first kappa shape index (κ1) is 19.5. The summed E-state index contributed by atoms with van der Waals surface area (Å²) in [6.07, 6.45) is 2.04. The lowest BCUT2D eigenvalue weighted by Gasteiger charge is -2.37. The van der Waals surface area contributed by atoms with Crippen LogP contribution in [0, 0.1) is 17.0 Å². The summed E-state index contributed by atoms with van der Waals surface area (Å²) >= 11 is 6.13. The summed E-state index contributed by atoms with van der Waals surface area (Å²) in [5.41, 5.74) is 3.01. The molecule has 0 unspecified atom stereocenters. The zero-order valence-corrected chi connectivity index (χ0v) is 17.0. The summed E-state index contributed by atoms with van der Waals surface area (Å²) in [5, 5.41) is 15.3. The van der Waals surface area contributed by atoms with Crippen LogP contribution in [0.1, 0.15) is 28.8 Å². The topological polar surface area (TPSA) is 78.7 Å². The monoisotopic (exact) mass is 414 g/mol. The van der Waals surface area contributed by atoms with Gasteiger partial charge in [-0.25, -0.2) is 0 Å². The molecule has 4 rings (SSSR count). The summed E-state index contributed by atoms with van der Waals surface area (Å²) in [6.45, 7) is 4.54. The van der Waals surface area contributed by atoms with E-state index in [1.165, 1.54) is 6.07 Å². The third-order valence-electron chi connectivity index (χ3n) is 5.46. The normalized spacial score (nSPS) is 16.6. The molecule has 1 amide bonds. The average Bonchev–Trinajstić information content (AvgIpc) is 3.53. The number of carbonyl (C=O) groups is 1. The number of benzene rings is 2. The van der Waals surface area contributed by atoms with Crippen LogP contribution in [0.4, 0.5) is 17.1 Å². The number of nitro benzene ring substituents is 1. The molecule has 1 saturated heterocycles. The standard InChI is InChI=1S/C21H23ClN4O3/c1-14-2-4-16(22)13-19(14)24-8-10-25(11-9-24)21(27)15-3-7-18(23-17-5-6-17)20(12-15)26(28)29/h2-4,7,12-13,17,23H,5-6,8-11H2,1H3. The molecule has 0 spiro atoms. The van der Waals surface area contributed by atoms with Crippen LogP contribution in [0.2, 0.25) is 5.02 Å². The summed E-state index contributed by atoms with van der Waals surface area (Å²) in [6, 6.07) is 10.8. The Hall–Kier alpha value is -2.80. The maximum atomic E-state index is 12.9. The largest absolute Gasteiger partial charge is 0.377 e. The van der Waals surface area contributed by atoms with Crippen molar-refractivity contribution >= 4 is 34.6 Å². The van der Waals surface area contributed by atoms with E-state index in [1.54, 1.807) is 17.0 Å². The van der Waals surface area contributed by atoms with Gasteiger partial charge in [0.2, 0.25) is 0 Å². The second kappa shape index (κ2) is 7.91. The first-order valence-corrected chi connectivity index (χ1v) is 10.2. The predicted octanol–water partition coefficient (Wildman–Crippen LogP) is 4.09. The smallest absolute Gasteiger partial charge is 0.293 e. The minimum absolute atomic E-state index is 0.0454. The second-order valence-corrected chi connectivity index (χ2v) is 8.05. The fourth-order valence-electron chi connectivity index (χ4n) is 3.64. The number of aryl methyl sites for hydroxylation is 1. The molecular weight excluding hydrogens is 392 g/mol. The van der Waals surface area contributed by atoms with E-state index in [1.807, 2.05) is 25.1 Å². The molecule has 2 aliphatic rings. The molecule has 1 aliphatic heterocycles. The zero-order chi connectivity index (χ0) is 20.5. The van der Waals surface area contributed by atoms with Gasteiger partial charge in [-0.1, -0.05) is 17.7 Å². The number of amides is 1. The molecule has 1 aliphatic carbocycles. The first-order valence-electron chi connectivity index (χ1n) is 9.78. The molecule has 29 heavy (non-hydrogen) atoms. The van der Waals surface area contributed by atoms with E-state index >= 15 is 0 Å². The minimum Gasteiger partial charge on any atom is -0.377 e. The van der Waals surface area contributed by atoms with E-state index in [2.05, 4.69) is 10.2 Å². The molecule has 2 aromatic rings. The molecule has 7 nitrogen and oxygen atoms in total. The minimum atomic E-state index is -0.429. The van der Waals surface area contributed by atoms with E-state index in [0.29, 0.717) is 48.5 Å². The van der Waals surface area contributed by atoms with Crippen molar-refractivity contribution in [2.75, 3.05) is 36.4 Å². The van der Waals surface area contributed by atoms with E-state index in [4.69, 9.17) is 11.6 Å². The van der Waals surface area contributed by atoms with Gasteiger partial charge in [0.25, 0.3) is 11.6 Å². The molecule has 0 radical (unpaired) electrons. The van der Waals surface area contributed by atoms with Gasteiger partial charge in [0, 0.05) is 54.6 Å². The van der Waals surface area contributed by atoms with Crippen molar-refractivity contribution in [2.45, 2.75) is 25.8 Å². The molecule has 1 N–H and O–H groups in total. The van der Waals surface area contributed by atoms with Crippen LogP contribution in [-0.2, 0) is 0 Å². The molecule has 1 saturated carbocycles. The van der Waals surface area contributed by atoms with Gasteiger partial charge in [-0.05, 0) is 49.6 Å². The number of hydrogen-bond donors (Lipinski definition) is 1. The van der Waals surface area contributed by atoms with Gasteiger partial charge in [-0.2, -0.15) is 0 Å². The number of nitro groups is 1. The molecule has 0 atom stereocenters. The highest BCUT2D eigenvalue weighted by Gasteiger charge is 2.28. The molecule has 1 heterocycles. The van der Waals surface area contributed by atoms with Gasteiger partial charge in [-0.3, -0.25) is 14.9 Å². The maximum absolute atomic E-state index is 12.9. The van der Waals surface area contributed by atoms with E-state index < -0.39 is 4.92 Å². The fourth-order valence-corrected chi connectivity index (χ4v) is 3.81. The lowest BCUT2D eigenvalue weighted by atomic mass is 10.1. The fraction of sp³-hybridized carbons (Fsp3) is 0.381. The average molecular weight is 415 g/mol. The zero-order valence-electron chi connectivity index (χ0n) is 16.2. The van der Waals surface area contributed by atoms with Crippen molar-refractivity contribution in [1.29, 1.82) is 0 Å². The Morgan fingerprint density at radius 3 is 2.52 bits per heavy atom. The van der Waals surface area contributed by atoms with E-state index in [9.17, 15) is 14.9 Å². The lowest BCUT2D eigenvalue weighted by Crippen LogP contribution is -2.49. The van der Waals surface area contributed by atoms with Gasteiger partial charge in [0.15, 0.2) is 0 Å². The molecule has 2 aromatic carbocycles. The highest BCUT2D eigenvalue weighted by Crippen LogP contribution is 2.32. The first-order chi connectivity index (χ1) is 13.9. The SMILES string of the molecule is Cc1ccc(Cl)cc1N1CCN(C(=O)c2ccc(NC3CC3)c([N+](=O)[O-])c2)CC1. The number of halogens is 1. The van der Waals surface area contributed by atoms with E-state index in [-0.39, 0.29) is 11.6 Å². The van der Waals surface area contributed by atoms with Crippen molar-refractivity contribution < 1.29 is 9.72 Å². The van der Waals surface area contributed by atoms with Crippen LogP contribution in [0.25, 0.3) is 0 Å². The van der Waals surface area contributed by atoms with Gasteiger partial charge >= 0.3 is 0 Å². The molecule has 152 valence electrons. The molecule has 2 fully saturated rings. The summed E-state index contributed by atoms with van der Waals surface area (Å²) in [4.78, 5) is 27.9. The number of piperazine rings is 1. The highest BCUT2D eigenvalue weighted by molar-refractivity contribution is 6.30. The van der Waals surface area contributed by atoms with Crippen LogP contribution >= 0.6 is 11.6 Å². The quantitative estimate of drug-likeness (QED) is 0.588. The van der Waals surface area contributed by atoms with Crippen molar-refractivity contribution in [1.82, 2.24) is 4.90 Å². The highest BCUT2D eigenvalue weighted by atomic mass is 35.5. The van der Waals surface area contributed by atoms with Gasteiger partial charge in [0.05, 0.1) is 4.92 Å². The number of hydrogen-bond acceptors (Lipinski definition) is 5. The summed E-state index contributed by atoms with van der Waals surface area (Å²) in [7, 11) is 0. The summed E-state index contributed by atoms with van der Waals surface area (Å²) < 4.78 is 0. The van der Waals surface area contributed by atoms with Crippen molar-refractivity contribution in [3.05, 3.63) is 62.7 Å². The molecular formula is C21H23ClN4O3. The Morgan fingerprint density at radius 1 is 1.14 bits per heavy atom. The Labute approximate surface area is 174 Å². The van der Waals surface area contributed by atoms with Crippen LogP contribution in [0.15, 0.2) is 36.4 Å². The third kappa shape index (κ3) is 4.29. The Kier molecular flexibility index (Phi) is 5.32. The maximum Gasteiger partial charge on any atom is 0.293 e. The van der Waals surface area contributed by atoms with Crippen LogP contribution in [-0.4, -0.2) is 48.0 Å². The van der Waals surface area contributed by atoms with Crippen molar-refractivity contribution in [2.24, 2.45) is 0 Å². The molecule has 8 heteroatoms. The number of nitrogens with zero attached hydrogens (tertiary/aromatic N) is 3. The number of anilines is 2. The third-order valence-corrected chi connectivity index (χ3v) is 5.69. The van der Waals surface area contributed by atoms with Crippen LogP contribution in [0.5, 0.6) is 0 Å². The van der Waals surface area contributed by atoms with Crippen LogP contribution in [0.3, 0.4) is 0 Å². The van der Waals surface area contributed by atoms with Gasteiger partial charge < -0.3 is 15.1 Å². The van der Waals surface area contributed by atoms with Gasteiger partial charge in [0.1, 0.15) is 5.69 Å². The number of nitrogens with one attached hydrogen (secondary N) is 1. The van der Waals surface area contributed by atoms with Crippen molar-refractivity contribution in [3.8, 4) is 0 Å². The van der Waals surface area contributed by atoms with Gasteiger partial charge in [-0.15, -0.1) is 0 Å². The van der Waals surface area contributed by atoms with Crippen molar-refractivity contribution in [3.63, 3.8) is 0 Å². The Morgan fingerprint density at radius 2 is 1.86 bits per heavy atom. The lowest BCUT2D eigenvalue weighted by molar-refractivity contribution is -0.384. The van der Waals surface area contributed by atoms with Crippen LogP contribution < -0.4 is 10.2 Å². The number of rotatable bonds is 5. The molecule has 0 aromatic heterocycles. The Bertz CT molecular complexity index is 953.